The summed E-state index contributed by atoms with van der Waals surface area (Å²) in [5, 5.41) is 0. The number of aromatic nitrogens is 4. The van der Waals surface area contributed by atoms with Gasteiger partial charge in [-0.3, -0.25) is 0 Å². The minimum atomic E-state index is 0.660. The number of likely N-dealkylation sites (N-methyl/N-ethyl adjacent to an activating group) is 2. The maximum atomic E-state index is 6.61. The van der Waals surface area contributed by atoms with Crippen LogP contribution in [0.5, 0.6) is 5.75 Å². The molecule has 0 spiro atoms. The van der Waals surface area contributed by atoms with Crippen molar-refractivity contribution in [3.63, 3.8) is 0 Å². The summed E-state index contributed by atoms with van der Waals surface area (Å²) in [6.07, 6.45) is 9.82. The van der Waals surface area contributed by atoms with Crippen LogP contribution < -0.4 is 9.64 Å². The molecule has 9 heteroatoms. The molecule has 0 saturated carbocycles. The summed E-state index contributed by atoms with van der Waals surface area (Å²) in [6.45, 7) is 14.8. The molecule has 13 rings (SSSR count). The number of hydrogen-bond donors (Lipinski definition) is 2. The first-order chi connectivity index (χ1) is 38.5. The molecule has 0 aliphatic carbocycles. The largest absolute Gasteiger partial charge is 0.488 e. The van der Waals surface area contributed by atoms with E-state index in [-0.39, 0.29) is 0 Å². The number of fused-ring (bicyclic) bond motifs is 10. The Balaban J connectivity index is 0.804. The van der Waals surface area contributed by atoms with Crippen LogP contribution in [0.15, 0.2) is 180 Å². The van der Waals surface area contributed by atoms with Crippen molar-refractivity contribution in [2.24, 2.45) is 0 Å². The first kappa shape index (κ1) is 50.3. The van der Waals surface area contributed by atoms with Crippen LogP contribution in [-0.4, -0.2) is 95.4 Å². The number of rotatable bonds is 12. The quantitative estimate of drug-likeness (QED) is 0.119. The zero-order valence-electron chi connectivity index (χ0n) is 45.9. The number of aryl methyl sites for hydroxylation is 3. The first-order valence-corrected chi connectivity index (χ1v) is 28.8. The van der Waals surface area contributed by atoms with Gasteiger partial charge in [-0.05, 0) is 128 Å². The Morgan fingerprint density at radius 3 is 1.19 bits per heavy atom. The molecule has 8 bridgehead atoms. The Labute approximate surface area is 468 Å². The Morgan fingerprint density at radius 1 is 0.443 bits per heavy atom. The average Bonchev–Trinajstić information content (AvgIpc) is 4.46. The lowest BCUT2D eigenvalue weighted by atomic mass is 10.0. The van der Waals surface area contributed by atoms with Crippen molar-refractivity contribution in [1.29, 1.82) is 0 Å². The maximum Gasteiger partial charge on any atom is 0.137 e. The molecule has 2 N–H and O–H groups in total. The standard InChI is InChI=1S/C70H67N7OS/c1-47-15-21-50(22-16-47)67-55-31-33-57(71-55)68(51-23-17-48(2)18-24-51)59-35-37-61(73-59)70(62-38-36-60(74-62)69(58-34-32-56(67)72-58)52-25-19-49(3)20-26-52)53-27-29-54(30-28-53)78-46-45-77(5)43-41-76(4,42-44-77)40-10-39-75-63-11-6-8-13-65(63)79-66-14-9-7-12-64(66)75/h6-9,11-38,71,74H,10,39-46H2,1-5H3/q+2. The molecule has 3 aromatic heterocycles. The third-order valence-electron chi connectivity index (χ3n) is 16.8. The normalized spacial score (nSPS) is 17.4. The number of quaternary nitrogens is 2. The van der Waals surface area contributed by atoms with Gasteiger partial charge in [0, 0.05) is 67.1 Å². The fourth-order valence-corrected chi connectivity index (χ4v) is 13.0. The molecule has 4 aliphatic heterocycles. The van der Waals surface area contributed by atoms with Crippen LogP contribution in [-0.2, 0) is 0 Å². The van der Waals surface area contributed by atoms with Gasteiger partial charge in [0.1, 0.15) is 45.1 Å². The van der Waals surface area contributed by atoms with Crippen molar-refractivity contribution < 1.29 is 13.7 Å². The van der Waals surface area contributed by atoms with Crippen molar-refractivity contribution >= 4 is 69.5 Å². The number of benzene rings is 6. The second-order valence-corrected chi connectivity index (χ2v) is 23.7. The molecular formula is C70H67N7OS+2. The monoisotopic (exact) mass is 1050 g/mol. The number of nitrogens with zero attached hydrogens (tertiary/aromatic N) is 5. The van der Waals surface area contributed by atoms with Gasteiger partial charge in [-0.2, -0.15) is 0 Å². The van der Waals surface area contributed by atoms with Crippen LogP contribution in [0.25, 0.3) is 90.9 Å². The summed E-state index contributed by atoms with van der Waals surface area (Å²) in [5.41, 5.74) is 22.2. The number of anilines is 2. The Hall–Kier alpha value is -8.21. The summed E-state index contributed by atoms with van der Waals surface area (Å²) in [4.78, 5) is 24.1. The number of ether oxygens (including phenoxy) is 1. The van der Waals surface area contributed by atoms with Gasteiger partial charge in [0.25, 0.3) is 0 Å². The topological polar surface area (TPSA) is 69.8 Å². The van der Waals surface area contributed by atoms with Gasteiger partial charge in [0.15, 0.2) is 0 Å². The van der Waals surface area contributed by atoms with Gasteiger partial charge in [-0.1, -0.05) is 138 Å². The molecule has 0 unspecified atom stereocenters. The highest BCUT2D eigenvalue weighted by atomic mass is 32.2. The van der Waals surface area contributed by atoms with Gasteiger partial charge in [0.2, 0.25) is 0 Å². The highest BCUT2D eigenvalue weighted by Crippen LogP contribution is 2.48. The van der Waals surface area contributed by atoms with Gasteiger partial charge in [-0.25, -0.2) is 9.97 Å². The number of nitrogens with one attached hydrogen (secondary N) is 2. The van der Waals surface area contributed by atoms with E-state index in [9.17, 15) is 0 Å². The van der Waals surface area contributed by atoms with E-state index in [0.717, 1.165) is 137 Å². The summed E-state index contributed by atoms with van der Waals surface area (Å²) < 4.78 is 8.75. The van der Waals surface area contributed by atoms with E-state index < -0.39 is 0 Å². The van der Waals surface area contributed by atoms with Gasteiger partial charge >= 0.3 is 0 Å². The van der Waals surface area contributed by atoms with Crippen molar-refractivity contribution in [3.8, 4) is 50.3 Å². The fourth-order valence-electron chi connectivity index (χ4n) is 12.0. The molecule has 7 heterocycles. The molecule has 6 aromatic carbocycles. The number of hydrogen-bond acceptors (Lipinski definition) is 5. The van der Waals surface area contributed by atoms with E-state index in [1.165, 1.54) is 57.5 Å². The summed E-state index contributed by atoms with van der Waals surface area (Å²) in [5.74, 6) is 0.872. The van der Waals surface area contributed by atoms with E-state index in [0.29, 0.717) is 6.61 Å². The maximum absolute atomic E-state index is 6.61. The minimum Gasteiger partial charge on any atom is -0.488 e. The molecule has 1 saturated heterocycles. The SMILES string of the molecule is Cc1ccc(-c2c3nc(c(-c4ccc(C)cc4)c4ccc([nH]4)c(-c4ccc(OCC[N+]5(C)CC[N+](C)(CCCN6c7ccccc7Sc7ccccc76)CC5)cc4)c4nc(c(-c5ccc(C)cc5)c5ccc2[nH]5)C=C4)C=C3)cc1. The van der Waals surface area contributed by atoms with Crippen molar-refractivity contribution in [2.45, 2.75) is 37.0 Å². The highest BCUT2D eigenvalue weighted by molar-refractivity contribution is 7.99. The predicted molar refractivity (Wildman–Crippen MR) is 331 cm³/mol. The van der Waals surface area contributed by atoms with Crippen molar-refractivity contribution in [1.82, 2.24) is 19.9 Å². The molecular weight excluding hydrogens is 987 g/mol. The third kappa shape index (κ3) is 10.1. The molecule has 79 heavy (non-hydrogen) atoms. The summed E-state index contributed by atoms with van der Waals surface area (Å²) >= 11 is 1.89. The number of aromatic amines is 2. The number of para-hydroxylation sites is 2. The third-order valence-corrected chi connectivity index (χ3v) is 17.9. The van der Waals surface area contributed by atoms with Crippen LogP contribution in [0.4, 0.5) is 11.4 Å². The van der Waals surface area contributed by atoms with Crippen LogP contribution in [0, 0.1) is 20.8 Å². The molecule has 0 radical (unpaired) electrons. The molecule has 0 atom stereocenters. The summed E-state index contributed by atoms with van der Waals surface area (Å²) in [7, 11) is 4.88. The Morgan fingerprint density at radius 2 is 0.797 bits per heavy atom. The van der Waals surface area contributed by atoms with Gasteiger partial charge in [-0.15, -0.1) is 0 Å². The first-order valence-electron chi connectivity index (χ1n) is 27.9. The van der Waals surface area contributed by atoms with E-state index in [1.807, 2.05) is 11.8 Å². The second-order valence-electron chi connectivity index (χ2n) is 22.6. The fraction of sp³-hybridized carbons (Fsp3) is 0.200. The summed E-state index contributed by atoms with van der Waals surface area (Å²) in [6, 6.07) is 61.4. The minimum absolute atomic E-state index is 0.660. The molecule has 0 amide bonds. The second kappa shape index (κ2) is 20.9. The number of H-pyrrole nitrogens is 2. The van der Waals surface area contributed by atoms with E-state index >= 15 is 0 Å². The van der Waals surface area contributed by atoms with E-state index in [2.05, 4.69) is 244 Å². The van der Waals surface area contributed by atoms with Crippen molar-refractivity contribution in [2.75, 3.05) is 71.4 Å². The van der Waals surface area contributed by atoms with Crippen molar-refractivity contribution in [3.05, 3.63) is 209 Å². The zero-order chi connectivity index (χ0) is 53.7. The van der Waals surface area contributed by atoms with E-state index in [1.54, 1.807) is 0 Å². The molecule has 392 valence electrons. The zero-order valence-corrected chi connectivity index (χ0v) is 46.7. The van der Waals surface area contributed by atoms with Gasteiger partial charge in [0.05, 0.1) is 54.8 Å². The van der Waals surface area contributed by atoms with Crippen LogP contribution in [0.1, 0.15) is 45.9 Å². The molecule has 1 fully saturated rings. The van der Waals surface area contributed by atoms with E-state index in [4.69, 9.17) is 14.7 Å². The lowest BCUT2D eigenvalue weighted by Gasteiger charge is -2.46. The highest BCUT2D eigenvalue weighted by Gasteiger charge is 2.37. The molecule has 8 nitrogen and oxygen atoms in total. The van der Waals surface area contributed by atoms with Crippen LogP contribution >= 0.6 is 11.8 Å². The lowest BCUT2D eigenvalue weighted by molar-refractivity contribution is -1.02. The lowest BCUT2D eigenvalue weighted by Crippen LogP contribution is -2.65. The predicted octanol–water partition coefficient (Wildman–Crippen LogP) is 16.2. The Kier molecular flexibility index (Phi) is 13.3. The smallest absolute Gasteiger partial charge is 0.137 e. The number of piperazine rings is 1. The van der Waals surface area contributed by atoms with Gasteiger partial charge < -0.3 is 28.6 Å². The Bertz CT molecular complexity index is 3900. The average molecular weight is 1050 g/mol. The van der Waals surface area contributed by atoms with Crippen LogP contribution in [0.2, 0.25) is 0 Å². The molecule has 4 aliphatic rings. The van der Waals surface area contributed by atoms with Crippen LogP contribution in [0.3, 0.4) is 0 Å². The molecule has 9 aromatic rings.